The summed E-state index contributed by atoms with van der Waals surface area (Å²) in [5, 5.41) is 2.87. The third kappa shape index (κ3) is 3.58. The monoisotopic (exact) mass is 337 g/mol. The van der Waals surface area contributed by atoms with E-state index in [-0.39, 0.29) is 5.91 Å². The van der Waals surface area contributed by atoms with E-state index in [0.29, 0.717) is 11.4 Å². The summed E-state index contributed by atoms with van der Waals surface area (Å²) >= 11 is 9.21. The molecule has 2 rings (SSSR count). The zero-order valence-electron chi connectivity index (χ0n) is 10.4. The van der Waals surface area contributed by atoms with Gasteiger partial charge < -0.3 is 5.32 Å². The van der Waals surface area contributed by atoms with Crippen LogP contribution in [0.25, 0.3) is 0 Å². The number of aryl methyl sites for hydroxylation is 1. The summed E-state index contributed by atoms with van der Waals surface area (Å²) < 4.78 is 0.972. The summed E-state index contributed by atoms with van der Waals surface area (Å²) in [6.07, 6.45) is 0. The average molecular weight is 339 g/mol. The first kappa shape index (κ1) is 14.1. The molecule has 98 valence electrons. The van der Waals surface area contributed by atoms with Gasteiger partial charge in [-0.05, 0) is 42.3 Å². The second-order valence-electron chi connectivity index (χ2n) is 4.25. The highest BCUT2D eigenvalue weighted by Crippen LogP contribution is 2.21. The molecule has 0 unspecified atom stereocenters. The largest absolute Gasteiger partial charge is 0.322 e. The third-order valence-electron chi connectivity index (χ3n) is 2.77. The molecule has 19 heavy (non-hydrogen) atoms. The van der Waals surface area contributed by atoms with Crippen molar-refractivity contribution in [3.05, 3.63) is 63.6 Å². The molecule has 1 amide bonds. The Hall–Kier alpha value is -1.32. The molecule has 4 heteroatoms. The van der Waals surface area contributed by atoms with Crippen molar-refractivity contribution in [2.75, 3.05) is 5.32 Å². The highest BCUT2D eigenvalue weighted by Gasteiger charge is 2.07. The van der Waals surface area contributed by atoms with E-state index < -0.39 is 0 Å². The Morgan fingerprint density at radius 2 is 2.05 bits per heavy atom. The molecule has 0 fully saturated rings. The first-order valence-electron chi connectivity index (χ1n) is 5.82. The van der Waals surface area contributed by atoms with E-state index in [9.17, 15) is 4.79 Å². The summed E-state index contributed by atoms with van der Waals surface area (Å²) in [5.41, 5.74) is 3.43. The van der Waals surface area contributed by atoms with Gasteiger partial charge in [0.15, 0.2) is 0 Å². The van der Waals surface area contributed by atoms with Crippen molar-refractivity contribution in [3.8, 4) is 0 Å². The predicted molar refractivity (Wildman–Crippen MR) is 82.8 cm³/mol. The van der Waals surface area contributed by atoms with Crippen LogP contribution in [0.2, 0.25) is 0 Å². The number of halogens is 2. The molecule has 0 aliphatic heterocycles. The van der Waals surface area contributed by atoms with Gasteiger partial charge in [-0.25, -0.2) is 0 Å². The SMILES string of the molecule is Cc1ccc(NC(=O)c2cccc(CCl)c2)cc1Br. The highest BCUT2D eigenvalue weighted by molar-refractivity contribution is 9.10. The standard InChI is InChI=1S/C15H13BrClNO/c1-10-5-6-13(8-14(10)16)18-15(19)12-4-2-3-11(7-12)9-17/h2-8H,9H2,1H3,(H,18,19). The summed E-state index contributed by atoms with van der Waals surface area (Å²) in [4.78, 5) is 12.1. The second-order valence-corrected chi connectivity index (χ2v) is 5.37. The number of hydrogen-bond donors (Lipinski definition) is 1. The second kappa shape index (κ2) is 6.22. The Labute approximate surface area is 125 Å². The van der Waals surface area contributed by atoms with Crippen molar-refractivity contribution in [3.63, 3.8) is 0 Å². The molecule has 0 spiro atoms. The smallest absolute Gasteiger partial charge is 0.255 e. The Morgan fingerprint density at radius 1 is 1.26 bits per heavy atom. The van der Waals surface area contributed by atoms with Crippen LogP contribution in [0.4, 0.5) is 5.69 Å². The van der Waals surface area contributed by atoms with E-state index in [2.05, 4.69) is 21.2 Å². The maximum absolute atomic E-state index is 12.1. The summed E-state index contributed by atoms with van der Waals surface area (Å²) in [6.45, 7) is 2.00. The van der Waals surface area contributed by atoms with Gasteiger partial charge in [-0.2, -0.15) is 0 Å². The van der Waals surface area contributed by atoms with E-state index >= 15 is 0 Å². The van der Waals surface area contributed by atoms with Crippen LogP contribution in [-0.4, -0.2) is 5.91 Å². The van der Waals surface area contributed by atoms with Crippen molar-refractivity contribution in [1.82, 2.24) is 0 Å². The van der Waals surface area contributed by atoms with Crippen LogP contribution in [-0.2, 0) is 5.88 Å². The van der Waals surface area contributed by atoms with Gasteiger partial charge in [0.1, 0.15) is 0 Å². The molecule has 2 nitrogen and oxygen atoms in total. The quantitative estimate of drug-likeness (QED) is 0.804. The number of rotatable bonds is 3. The predicted octanol–water partition coefficient (Wildman–Crippen LogP) is 4.75. The van der Waals surface area contributed by atoms with Gasteiger partial charge in [0.25, 0.3) is 5.91 Å². The molecule has 0 saturated heterocycles. The molecule has 2 aromatic carbocycles. The lowest BCUT2D eigenvalue weighted by Gasteiger charge is -2.07. The third-order valence-corrected chi connectivity index (χ3v) is 3.94. The number of nitrogens with one attached hydrogen (secondary N) is 1. The lowest BCUT2D eigenvalue weighted by molar-refractivity contribution is 0.102. The first-order chi connectivity index (χ1) is 9.10. The molecular weight excluding hydrogens is 326 g/mol. The van der Waals surface area contributed by atoms with Gasteiger partial charge in [-0.1, -0.05) is 34.1 Å². The summed E-state index contributed by atoms with van der Waals surface area (Å²) in [7, 11) is 0. The molecule has 0 radical (unpaired) electrons. The number of alkyl halides is 1. The maximum atomic E-state index is 12.1. The Bertz CT molecular complexity index is 613. The van der Waals surface area contributed by atoms with Crippen molar-refractivity contribution in [2.45, 2.75) is 12.8 Å². The Morgan fingerprint density at radius 3 is 2.74 bits per heavy atom. The molecule has 0 heterocycles. The van der Waals surface area contributed by atoms with E-state index in [1.54, 1.807) is 12.1 Å². The van der Waals surface area contributed by atoms with E-state index in [1.807, 2.05) is 37.3 Å². The van der Waals surface area contributed by atoms with E-state index in [0.717, 1.165) is 21.3 Å². The molecule has 0 atom stereocenters. The summed E-state index contributed by atoms with van der Waals surface area (Å²) in [6, 6.07) is 13.0. The molecular formula is C15H13BrClNO. The van der Waals surface area contributed by atoms with E-state index in [4.69, 9.17) is 11.6 Å². The zero-order valence-corrected chi connectivity index (χ0v) is 12.8. The van der Waals surface area contributed by atoms with E-state index in [1.165, 1.54) is 0 Å². The first-order valence-corrected chi connectivity index (χ1v) is 7.15. The van der Waals surface area contributed by atoms with Crippen molar-refractivity contribution >= 4 is 39.1 Å². The molecule has 2 aromatic rings. The fourth-order valence-corrected chi connectivity index (χ4v) is 2.21. The van der Waals surface area contributed by atoms with Crippen molar-refractivity contribution in [1.29, 1.82) is 0 Å². The van der Waals surface area contributed by atoms with Crippen LogP contribution >= 0.6 is 27.5 Å². The van der Waals surface area contributed by atoms with Gasteiger partial charge in [0.05, 0.1) is 0 Å². The van der Waals surface area contributed by atoms with Crippen LogP contribution in [0.3, 0.4) is 0 Å². The fourth-order valence-electron chi connectivity index (χ4n) is 1.67. The van der Waals surface area contributed by atoms with Crippen LogP contribution in [0.15, 0.2) is 46.9 Å². The summed E-state index contributed by atoms with van der Waals surface area (Å²) in [5.74, 6) is 0.264. The van der Waals surface area contributed by atoms with Crippen LogP contribution in [0.5, 0.6) is 0 Å². The number of amides is 1. The number of carbonyl (C=O) groups excluding carboxylic acids is 1. The molecule has 0 aliphatic rings. The topological polar surface area (TPSA) is 29.1 Å². The molecule has 0 aliphatic carbocycles. The minimum atomic E-state index is -0.136. The number of anilines is 1. The van der Waals surface area contributed by atoms with Crippen molar-refractivity contribution < 1.29 is 4.79 Å². The van der Waals surface area contributed by atoms with Gasteiger partial charge in [-0.3, -0.25) is 4.79 Å². The lowest BCUT2D eigenvalue weighted by Crippen LogP contribution is -2.12. The molecule has 0 aromatic heterocycles. The van der Waals surface area contributed by atoms with Gasteiger partial charge in [0.2, 0.25) is 0 Å². The fraction of sp³-hybridized carbons (Fsp3) is 0.133. The average Bonchev–Trinajstić information content (AvgIpc) is 2.43. The number of benzene rings is 2. The van der Waals surface area contributed by atoms with Gasteiger partial charge >= 0.3 is 0 Å². The Kier molecular flexibility index (Phi) is 4.61. The zero-order chi connectivity index (χ0) is 13.8. The normalized spacial score (nSPS) is 10.3. The number of carbonyl (C=O) groups is 1. The van der Waals surface area contributed by atoms with Crippen LogP contribution in [0.1, 0.15) is 21.5 Å². The lowest BCUT2D eigenvalue weighted by atomic mass is 10.1. The van der Waals surface area contributed by atoms with Crippen LogP contribution in [0, 0.1) is 6.92 Å². The highest BCUT2D eigenvalue weighted by atomic mass is 79.9. The van der Waals surface area contributed by atoms with Gasteiger partial charge in [0, 0.05) is 21.6 Å². The minimum Gasteiger partial charge on any atom is -0.322 e. The molecule has 0 saturated carbocycles. The number of hydrogen-bond acceptors (Lipinski definition) is 1. The van der Waals surface area contributed by atoms with Crippen LogP contribution < -0.4 is 5.32 Å². The molecule has 1 N–H and O–H groups in total. The maximum Gasteiger partial charge on any atom is 0.255 e. The minimum absolute atomic E-state index is 0.136. The Balaban J connectivity index is 2.18. The van der Waals surface area contributed by atoms with Crippen molar-refractivity contribution in [2.24, 2.45) is 0 Å². The molecule has 0 bridgehead atoms. The van der Waals surface area contributed by atoms with Gasteiger partial charge in [-0.15, -0.1) is 11.6 Å².